The van der Waals surface area contributed by atoms with Gasteiger partial charge < -0.3 is 10.4 Å². The first kappa shape index (κ1) is 12.8. The lowest BCUT2D eigenvalue weighted by Crippen LogP contribution is -2.08. The lowest BCUT2D eigenvalue weighted by Gasteiger charge is -2.09. The van der Waals surface area contributed by atoms with Gasteiger partial charge in [-0.3, -0.25) is 0 Å². The van der Waals surface area contributed by atoms with Crippen LogP contribution in [0.5, 0.6) is 0 Å². The molecule has 0 aromatic carbocycles. The first-order chi connectivity index (χ1) is 7.54. The minimum atomic E-state index is -4.34. The second-order valence-electron chi connectivity index (χ2n) is 3.29. The number of aliphatic hydroxyl groups is 1. The topological polar surface area (TPSA) is 45.1 Å². The predicted molar refractivity (Wildman–Crippen MR) is 54.0 cm³/mol. The van der Waals surface area contributed by atoms with E-state index in [0.29, 0.717) is 19.4 Å². The van der Waals surface area contributed by atoms with Crippen LogP contribution in [-0.4, -0.2) is 23.2 Å². The third-order valence-corrected chi connectivity index (χ3v) is 1.98. The number of hydrogen-bond donors (Lipinski definition) is 2. The smallest absolute Gasteiger partial charge is 0.396 e. The van der Waals surface area contributed by atoms with E-state index in [-0.39, 0.29) is 12.4 Å². The maximum atomic E-state index is 12.3. The van der Waals surface area contributed by atoms with E-state index in [1.807, 2.05) is 0 Å². The van der Waals surface area contributed by atoms with Gasteiger partial charge in [0.15, 0.2) is 0 Å². The summed E-state index contributed by atoms with van der Waals surface area (Å²) in [5.74, 6) is 0.202. The number of aromatic nitrogens is 1. The molecule has 90 valence electrons. The number of unbranched alkanes of at least 4 members (excludes halogenated alkanes) is 1. The van der Waals surface area contributed by atoms with Crippen molar-refractivity contribution in [3.8, 4) is 0 Å². The Kier molecular flexibility index (Phi) is 4.54. The fourth-order valence-corrected chi connectivity index (χ4v) is 1.16. The number of rotatable bonds is 5. The molecule has 0 spiro atoms. The van der Waals surface area contributed by atoms with E-state index < -0.39 is 11.7 Å². The van der Waals surface area contributed by atoms with E-state index in [1.54, 1.807) is 0 Å². The Labute approximate surface area is 91.3 Å². The van der Waals surface area contributed by atoms with Crippen LogP contribution in [0.1, 0.15) is 18.4 Å². The van der Waals surface area contributed by atoms with Crippen LogP contribution in [-0.2, 0) is 6.18 Å². The van der Waals surface area contributed by atoms with Crippen molar-refractivity contribution in [3.63, 3.8) is 0 Å². The summed E-state index contributed by atoms with van der Waals surface area (Å²) >= 11 is 0. The Balaban J connectivity index is 2.54. The van der Waals surface area contributed by atoms with Crippen molar-refractivity contribution in [2.24, 2.45) is 0 Å². The molecular formula is C10H13F3N2O. The van der Waals surface area contributed by atoms with Crippen molar-refractivity contribution < 1.29 is 18.3 Å². The molecule has 1 aromatic heterocycles. The first-order valence-corrected chi connectivity index (χ1v) is 4.92. The van der Waals surface area contributed by atoms with Crippen LogP contribution < -0.4 is 5.32 Å². The van der Waals surface area contributed by atoms with Gasteiger partial charge in [0.2, 0.25) is 0 Å². The van der Waals surface area contributed by atoms with E-state index in [0.717, 1.165) is 18.3 Å². The molecule has 0 unspecified atom stereocenters. The van der Waals surface area contributed by atoms with Crippen molar-refractivity contribution in [2.75, 3.05) is 18.5 Å². The van der Waals surface area contributed by atoms with Crippen LogP contribution >= 0.6 is 0 Å². The molecule has 6 heteroatoms. The molecule has 0 saturated carbocycles. The summed E-state index contributed by atoms with van der Waals surface area (Å²) in [5.41, 5.74) is -0.716. The molecule has 0 bridgehead atoms. The Morgan fingerprint density at radius 3 is 2.69 bits per heavy atom. The minimum Gasteiger partial charge on any atom is -0.396 e. The summed E-state index contributed by atoms with van der Waals surface area (Å²) < 4.78 is 37.0. The normalized spacial score (nSPS) is 11.5. The average Bonchev–Trinajstić information content (AvgIpc) is 2.24. The highest BCUT2D eigenvalue weighted by molar-refractivity contribution is 5.38. The Morgan fingerprint density at radius 2 is 2.06 bits per heavy atom. The summed E-state index contributed by atoms with van der Waals surface area (Å²) in [6.07, 6.45) is -1.91. The van der Waals surface area contributed by atoms with Gasteiger partial charge in [0.05, 0.1) is 5.56 Å². The SMILES string of the molecule is OCCCCNc1cc(C(F)(F)F)ccn1. The number of aliphatic hydroxyl groups excluding tert-OH is 1. The van der Waals surface area contributed by atoms with E-state index in [4.69, 9.17) is 5.11 Å². The second kappa shape index (κ2) is 5.69. The molecule has 1 aromatic rings. The minimum absolute atomic E-state index is 0.0811. The van der Waals surface area contributed by atoms with Crippen molar-refractivity contribution in [3.05, 3.63) is 23.9 Å². The average molecular weight is 234 g/mol. The Morgan fingerprint density at radius 1 is 1.31 bits per heavy atom. The molecule has 16 heavy (non-hydrogen) atoms. The van der Waals surface area contributed by atoms with E-state index in [9.17, 15) is 13.2 Å². The van der Waals surface area contributed by atoms with Gasteiger partial charge in [-0.25, -0.2) is 4.98 Å². The zero-order chi connectivity index (χ0) is 12.0. The summed E-state index contributed by atoms with van der Waals surface area (Å²) in [5, 5.41) is 11.3. The molecule has 0 aliphatic rings. The zero-order valence-electron chi connectivity index (χ0n) is 8.59. The van der Waals surface area contributed by atoms with Crippen LogP contribution in [0.4, 0.5) is 19.0 Å². The maximum Gasteiger partial charge on any atom is 0.416 e. The largest absolute Gasteiger partial charge is 0.416 e. The highest BCUT2D eigenvalue weighted by Gasteiger charge is 2.30. The Bertz CT molecular complexity index is 328. The fourth-order valence-electron chi connectivity index (χ4n) is 1.16. The number of nitrogens with one attached hydrogen (secondary N) is 1. The number of halogens is 3. The van der Waals surface area contributed by atoms with Gasteiger partial charge in [0.1, 0.15) is 5.82 Å². The fraction of sp³-hybridized carbons (Fsp3) is 0.500. The molecule has 0 amide bonds. The number of pyridine rings is 1. The predicted octanol–water partition coefficient (Wildman–Crippen LogP) is 2.28. The zero-order valence-corrected chi connectivity index (χ0v) is 8.59. The van der Waals surface area contributed by atoms with Gasteiger partial charge in [0.25, 0.3) is 0 Å². The Hall–Kier alpha value is -1.30. The molecular weight excluding hydrogens is 221 g/mol. The molecule has 0 fully saturated rings. The van der Waals surface area contributed by atoms with E-state index in [2.05, 4.69) is 10.3 Å². The third kappa shape index (κ3) is 4.06. The highest BCUT2D eigenvalue weighted by Crippen LogP contribution is 2.29. The second-order valence-corrected chi connectivity index (χ2v) is 3.29. The molecule has 0 radical (unpaired) electrons. The van der Waals surface area contributed by atoms with Gasteiger partial charge in [-0.15, -0.1) is 0 Å². The van der Waals surface area contributed by atoms with Crippen LogP contribution in [0.15, 0.2) is 18.3 Å². The lowest BCUT2D eigenvalue weighted by atomic mass is 10.2. The van der Waals surface area contributed by atoms with Crippen LogP contribution in [0.25, 0.3) is 0 Å². The number of nitrogens with zero attached hydrogens (tertiary/aromatic N) is 1. The molecule has 0 saturated heterocycles. The summed E-state index contributed by atoms with van der Waals surface area (Å²) in [6, 6.07) is 1.90. The molecule has 0 aliphatic carbocycles. The summed E-state index contributed by atoms with van der Waals surface area (Å²) in [7, 11) is 0. The molecule has 0 aliphatic heterocycles. The van der Waals surface area contributed by atoms with Gasteiger partial charge >= 0.3 is 6.18 Å². The molecule has 1 rings (SSSR count). The van der Waals surface area contributed by atoms with Gasteiger partial charge in [-0.2, -0.15) is 13.2 Å². The highest BCUT2D eigenvalue weighted by atomic mass is 19.4. The molecule has 2 N–H and O–H groups in total. The van der Waals surface area contributed by atoms with Crippen molar-refractivity contribution in [1.82, 2.24) is 4.98 Å². The maximum absolute atomic E-state index is 12.3. The van der Waals surface area contributed by atoms with Gasteiger partial charge in [-0.1, -0.05) is 0 Å². The first-order valence-electron chi connectivity index (χ1n) is 4.92. The quantitative estimate of drug-likeness (QED) is 0.768. The van der Waals surface area contributed by atoms with Crippen LogP contribution in [0, 0.1) is 0 Å². The molecule has 1 heterocycles. The number of anilines is 1. The van der Waals surface area contributed by atoms with Gasteiger partial charge in [-0.05, 0) is 25.0 Å². The van der Waals surface area contributed by atoms with Crippen molar-refractivity contribution in [2.45, 2.75) is 19.0 Å². The van der Waals surface area contributed by atoms with Crippen LogP contribution in [0.2, 0.25) is 0 Å². The van der Waals surface area contributed by atoms with Crippen molar-refractivity contribution >= 4 is 5.82 Å². The van der Waals surface area contributed by atoms with Crippen LogP contribution in [0.3, 0.4) is 0 Å². The standard InChI is InChI=1S/C10H13F3N2O/c11-10(12,13)8-3-5-15-9(7-8)14-4-1-2-6-16/h3,5,7,16H,1-2,4,6H2,(H,14,15). The molecule has 3 nitrogen and oxygen atoms in total. The van der Waals surface area contributed by atoms with Crippen molar-refractivity contribution in [1.29, 1.82) is 0 Å². The van der Waals surface area contributed by atoms with E-state index >= 15 is 0 Å². The number of hydrogen-bond acceptors (Lipinski definition) is 3. The summed E-state index contributed by atoms with van der Waals surface area (Å²) in [4.78, 5) is 3.78. The lowest BCUT2D eigenvalue weighted by molar-refractivity contribution is -0.137. The number of alkyl halides is 3. The molecule has 0 atom stereocenters. The van der Waals surface area contributed by atoms with E-state index in [1.165, 1.54) is 0 Å². The monoisotopic (exact) mass is 234 g/mol. The third-order valence-electron chi connectivity index (χ3n) is 1.98. The van der Waals surface area contributed by atoms with Gasteiger partial charge in [0, 0.05) is 19.3 Å². The summed E-state index contributed by atoms with van der Waals surface area (Å²) in [6.45, 7) is 0.576.